The summed E-state index contributed by atoms with van der Waals surface area (Å²) in [6.45, 7) is 4.45. The van der Waals surface area contributed by atoms with Crippen molar-refractivity contribution < 1.29 is 9.84 Å². The zero-order valence-electron chi connectivity index (χ0n) is 10.9. The van der Waals surface area contributed by atoms with Gasteiger partial charge in [-0.05, 0) is 50.4 Å². The number of likely N-dealkylation sites (tertiary alicyclic amines) is 1. The van der Waals surface area contributed by atoms with Gasteiger partial charge in [-0.15, -0.1) is 0 Å². The third-order valence-corrected chi connectivity index (χ3v) is 3.57. The number of hydrogen-bond donors (Lipinski definition) is 1. The van der Waals surface area contributed by atoms with Crippen LogP contribution in [0.2, 0.25) is 0 Å². The van der Waals surface area contributed by atoms with Crippen molar-refractivity contribution in [2.24, 2.45) is 5.92 Å². The standard InChI is InChI=1S/C15H23NO2/c17-12-4-9-16-10-7-14(8-11-16)13-18-15-5-2-1-3-6-15/h1-3,5-6,14,17H,4,7-13H2. The van der Waals surface area contributed by atoms with Crippen LogP contribution in [0, 0.1) is 5.92 Å². The summed E-state index contributed by atoms with van der Waals surface area (Å²) >= 11 is 0. The Morgan fingerprint density at radius 1 is 1.17 bits per heavy atom. The molecule has 0 aromatic heterocycles. The van der Waals surface area contributed by atoms with Gasteiger partial charge in [-0.1, -0.05) is 18.2 Å². The van der Waals surface area contributed by atoms with Crippen LogP contribution in [0.3, 0.4) is 0 Å². The molecule has 2 rings (SSSR count). The number of nitrogens with zero attached hydrogens (tertiary/aromatic N) is 1. The highest BCUT2D eigenvalue weighted by molar-refractivity contribution is 5.20. The molecule has 0 radical (unpaired) electrons. The van der Waals surface area contributed by atoms with Crippen LogP contribution in [-0.4, -0.2) is 42.9 Å². The van der Waals surface area contributed by atoms with Crippen molar-refractivity contribution in [3.63, 3.8) is 0 Å². The van der Waals surface area contributed by atoms with Crippen molar-refractivity contribution in [2.75, 3.05) is 32.8 Å². The van der Waals surface area contributed by atoms with Gasteiger partial charge in [0.2, 0.25) is 0 Å². The number of hydrogen-bond acceptors (Lipinski definition) is 3. The van der Waals surface area contributed by atoms with Crippen LogP contribution in [0.25, 0.3) is 0 Å². The van der Waals surface area contributed by atoms with Gasteiger partial charge < -0.3 is 14.7 Å². The van der Waals surface area contributed by atoms with E-state index in [0.29, 0.717) is 12.5 Å². The van der Waals surface area contributed by atoms with E-state index in [4.69, 9.17) is 9.84 Å². The summed E-state index contributed by atoms with van der Waals surface area (Å²) in [6.07, 6.45) is 3.31. The highest BCUT2D eigenvalue weighted by Crippen LogP contribution is 2.19. The summed E-state index contributed by atoms with van der Waals surface area (Å²) < 4.78 is 5.80. The first-order valence-electron chi connectivity index (χ1n) is 6.89. The average Bonchev–Trinajstić information content (AvgIpc) is 2.45. The summed E-state index contributed by atoms with van der Waals surface area (Å²) in [6, 6.07) is 10.0. The molecule has 1 fully saturated rings. The van der Waals surface area contributed by atoms with E-state index in [1.54, 1.807) is 0 Å². The molecule has 0 spiro atoms. The number of aliphatic hydroxyl groups excluding tert-OH is 1. The lowest BCUT2D eigenvalue weighted by molar-refractivity contribution is 0.133. The summed E-state index contributed by atoms with van der Waals surface area (Å²) in [4.78, 5) is 2.44. The lowest BCUT2D eigenvalue weighted by atomic mass is 9.98. The van der Waals surface area contributed by atoms with Crippen molar-refractivity contribution in [3.8, 4) is 5.75 Å². The summed E-state index contributed by atoms with van der Waals surface area (Å²) in [5, 5.41) is 8.81. The normalized spacial score (nSPS) is 17.8. The van der Waals surface area contributed by atoms with E-state index in [0.717, 1.165) is 38.4 Å². The van der Waals surface area contributed by atoms with E-state index in [-0.39, 0.29) is 0 Å². The molecule has 0 aliphatic carbocycles. The minimum atomic E-state index is 0.303. The van der Waals surface area contributed by atoms with E-state index in [1.165, 1.54) is 12.8 Å². The Bertz CT molecular complexity index is 321. The van der Waals surface area contributed by atoms with Crippen LogP contribution in [0.15, 0.2) is 30.3 Å². The van der Waals surface area contributed by atoms with Crippen molar-refractivity contribution in [1.82, 2.24) is 4.90 Å². The van der Waals surface area contributed by atoms with Gasteiger partial charge in [-0.3, -0.25) is 0 Å². The molecule has 0 amide bonds. The van der Waals surface area contributed by atoms with Crippen LogP contribution in [0.1, 0.15) is 19.3 Å². The maximum atomic E-state index is 8.81. The Hall–Kier alpha value is -1.06. The Kier molecular flexibility index (Phi) is 5.49. The number of para-hydroxylation sites is 1. The number of rotatable bonds is 6. The van der Waals surface area contributed by atoms with E-state index in [2.05, 4.69) is 4.90 Å². The van der Waals surface area contributed by atoms with Crippen molar-refractivity contribution in [2.45, 2.75) is 19.3 Å². The quantitative estimate of drug-likeness (QED) is 0.838. The third kappa shape index (κ3) is 4.31. The van der Waals surface area contributed by atoms with Gasteiger partial charge in [0.05, 0.1) is 6.61 Å². The van der Waals surface area contributed by atoms with Gasteiger partial charge in [0.25, 0.3) is 0 Å². The van der Waals surface area contributed by atoms with Gasteiger partial charge >= 0.3 is 0 Å². The summed E-state index contributed by atoms with van der Waals surface area (Å²) in [5.74, 6) is 1.65. The first-order chi connectivity index (χ1) is 8.88. The Morgan fingerprint density at radius 2 is 1.89 bits per heavy atom. The molecule has 3 heteroatoms. The number of benzene rings is 1. The van der Waals surface area contributed by atoms with Crippen LogP contribution in [-0.2, 0) is 0 Å². The molecule has 1 aromatic carbocycles. The van der Waals surface area contributed by atoms with Crippen LogP contribution < -0.4 is 4.74 Å². The fourth-order valence-electron chi connectivity index (χ4n) is 2.40. The van der Waals surface area contributed by atoms with Crippen molar-refractivity contribution in [3.05, 3.63) is 30.3 Å². The fourth-order valence-corrected chi connectivity index (χ4v) is 2.40. The second-order valence-electron chi connectivity index (χ2n) is 4.99. The Labute approximate surface area is 109 Å². The minimum absolute atomic E-state index is 0.303. The SMILES string of the molecule is OCCCN1CCC(COc2ccccc2)CC1. The topological polar surface area (TPSA) is 32.7 Å². The molecular weight excluding hydrogens is 226 g/mol. The zero-order valence-corrected chi connectivity index (χ0v) is 10.9. The largest absolute Gasteiger partial charge is 0.493 e. The molecule has 1 aromatic rings. The van der Waals surface area contributed by atoms with E-state index < -0.39 is 0 Å². The Morgan fingerprint density at radius 3 is 2.56 bits per heavy atom. The molecule has 0 saturated carbocycles. The molecule has 1 heterocycles. The molecule has 100 valence electrons. The molecule has 0 unspecified atom stereocenters. The van der Waals surface area contributed by atoms with Gasteiger partial charge in [0.1, 0.15) is 5.75 Å². The van der Waals surface area contributed by atoms with E-state index >= 15 is 0 Å². The molecule has 18 heavy (non-hydrogen) atoms. The summed E-state index contributed by atoms with van der Waals surface area (Å²) in [5.41, 5.74) is 0. The lowest BCUT2D eigenvalue weighted by Crippen LogP contribution is -2.36. The first-order valence-corrected chi connectivity index (χ1v) is 6.89. The minimum Gasteiger partial charge on any atom is -0.493 e. The molecule has 1 aliphatic rings. The molecule has 1 N–H and O–H groups in total. The maximum Gasteiger partial charge on any atom is 0.119 e. The number of aliphatic hydroxyl groups is 1. The molecule has 0 bridgehead atoms. The second-order valence-corrected chi connectivity index (χ2v) is 4.99. The molecular formula is C15H23NO2. The van der Waals surface area contributed by atoms with Crippen molar-refractivity contribution in [1.29, 1.82) is 0 Å². The summed E-state index contributed by atoms with van der Waals surface area (Å²) in [7, 11) is 0. The first kappa shape index (κ1) is 13.4. The highest BCUT2D eigenvalue weighted by Gasteiger charge is 2.19. The number of piperidine rings is 1. The van der Waals surface area contributed by atoms with Gasteiger partial charge in [0.15, 0.2) is 0 Å². The maximum absolute atomic E-state index is 8.81. The second kappa shape index (κ2) is 7.39. The van der Waals surface area contributed by atoms with E-state index in [9.17, 15) is 0 Å². The predicted octanol–water partition coefficient (Wildman–Crippen LogP) is 2.16. The number of ether oxygens (including phenoxy) is 1. The zero-order chi connectivity index (χ0) is 12.6. The smallest absolute Gasteiger partial charge is 0.119 e. The van der Waals surface area contributed by atoms with Crippen LogP contribution in [0.5, 0.6) is 5.75 Å². The average molecular weight is 249 g/mol. The molecule has 3 nitrogen and oxygen atoms in total. The van der Waals surface area contributed by atoms with Gasteiger partial charge in [0, 0.05) is 13.2 Å². The fraction of sp³-hybridized carbons (Fsp3) is 0.600. The Balaban J connectivity index is 1.65. The third-order valence-electron chi connectivity index (χ3n) is 3.57. The van der Waals surface area contributed by atoms with Crippen LogP contribution >= 0.6 is 0 Å². The molecule has 0 atom stereocenters. The van der Waals surface area contributed by atoms with Crippen molar-refractivity contribution >= 4 is 0 Å². The monoisotopic (exact) mass is 249 g/mol. The predicted molar refractivity (Wildman–Crippen MR) is 72.8 cm³/mol. The van der Waals surface area contributed by atoms with Crippen LogP contribution in [0.4, 0.5) is 0 Å². The van der Waals surface area contributed by atoms with E-state index in [1.807, 2.05) is 30.3 Å². The van der Waals surface area contributed by atoms with Gasteiger partial charge in [-0.25, -0.2) is 0 Å². The lowest BCUT2D eigenvalue weighted by Gasteiger charge is -2.31. The van der Waals surface area contributed by atoms with Gasteiger partial charge in [-0.2, -0.15) is 0 Å². The molecule has 1 aliphatic heterocycles. The highest BCUT2D eigenvalue weighted by atomic mass is 16.5. The molecule has 1 saturated heterocycles.